The third-order valence-corrected chi connectivity index (χ3v) is 4.19. The molecule has 3 heteroatoms. The van der Waals surface area contributed by atoms with E-state index >= 15 is 0 Å². The fourth-order valence-corrected chi connectivity index (χ4v) is 2.84. The van der Waals surface area contributed by atoms with E-state index in [4.69, 9.17) is 0 Å². The highest BCUT2D eigenvalue weighted by molar-refractivity contribution is 7.18. The van der Waals surface area contributed by atoms with Gasteiger partial charge >= 0.3 is 0 Å². The Morgan fingerprint density at radius 2 is 2.12 bits per heavy atom. The van der Waals surface area contributed by atoms with Gasteiger partial charge in [0.1, 0.15) is 0 Å². The van der Waals surface area contributed by atoms with Crippen molar-refractivity contribution >= 4 is 21.6 Å². The van der Waals surface area contributed by atoms with Crippen LogP contribution in [-0.4, -0.2) is 16.7 Å². The summed E-state index contributed by atoms with van der Waals surface area (Å²) < 4.78 is 1.23. The molecule has 1 N–H and O–H groups in total. The molecule has 0 aliphatic heterocycles. The highest BCUT2D eigenvalue weighted by atomic mass is 32.1. The molecule has 1 heterocycles. The van der Waals surface area contributed by atoms with Gasteiger partial charge in [0.05, 0.1) is 15.2 Å². The van der Waals surface area contributed by atoms with E-state index in [9.17, 15) is 5.11 Å². The lowest BCUT2D eigenvalue weighted by molar-refractivity contribution is 0.137. The monoisotopic (exact) mass is 235 g/mol. The Morgan fingerprint density at radius 3 is 2.75 bits per heavy atom. The van der Waals surface area contributed by atoms with Gasteiger partial charge in [-0.2, -0.15) is 0 Å². The lowest BCUT2D eigenvalue weighted by atomic mass is 9.85. The number of hydrogen-bond donors (Lipinski definition) is 1. The van der Waals surface area contributed by atoms with E-state index in [1.165, 1.54) is 4.70 Å². The molecule has 1 aromatic heterocycles. The maximum absolute atomic E-state index is 9.40. The van der Waals surface area contributed by atoms with Gasteiger partial charge in [-0.25, -0.2) is 4.98 Å². The lowest BCUT2D eigenvalue weighted by Crippen LogP contribution is -2.23. The van der Waals surface area contributed by atoms with Crippen LogP contribution in [0.15, 0.2) is 24.3 Å². The number of aliphatic hydroxyl groups is 1. The number of fused-ring (bicyclic) bond motifs is 1. The second-order valence-corrected chi connectivity index (χ2v) is 5.69. The van der Waals surface area contributed by atoms with Crippen LogP contribution in [0.1, 0.15) is 25.3 Å². The second-order valence-electron chi connectivity index (χ2n) is 4.57. The molecule has 0 saturated carbocycles. The van der Waals surface area contributed by atoms with Gasteiger partial charge in [0.2, 0.25) is 0 Å². The predicted molar refractivity (Wildman–Crippen MR) is 68.8 cm³/mol. The minimum absolute atomic E-state index is 0.0339. The van der Waals surface area contributed by atoms with E-state index in [1.807, 2.05) is 18.2 Å². The minimum atomic E-state index is -0.0339. The largest absolute Gasteiger partial charge is 0.396 e. The zero-order valence-electron chi connectivity index (χ0n) is 9.73. The Kier molecular flexibility index (Phi) is 3.26. The number of para-hydroxylation sites is 1. The maximum atomic E-state index is 9.40. The molecule has 0 saturated heterocycles. The molecule has 0 aliphatic carbocycles. The first kappa shape index (κ1) is 11.6. The van der Waals surface area contributed by atoms with Crippen molar-refractivity contribution in [3.63, 3.8) is 0 Å². The van der Waals surface area contributed by atoms with Gasteiger partial charge in [0.25, 0.3) is 0 Å². The second kappa shape index (κ2) is 4.52. The molecule has 2 rings (SSSR count). The highest BCUT2D eigenvalue weighted by Crippen LogP contribution is 2.30. The summed E-state index contributed by atoms with van der Waals surface area (Å²) >= 11 is 1.73. The molecular weight excluding hydrogens is 218 g/mol. The van der Waals surface area contributed by atoms with Crippen molar-refractivity contribution < 1.29 is 5.11 Å². The Balaban J connectivity index is 2.27. The number of benzene rings is 1. The van der Waals surface area contributed by atoms with Crippen LogP contribution < -0.4 is 0 Å². The molecule has 1 atom stereocenters. The van der Waals surface area contributed by atoms with Gasteiger partial charge in [-0.1, -0.05) is 26.0 Å². The van der Waals surface area contributed by atoms with Crippen molar-refractivity contribution in [1.29, 1.82) is 0 Å². The fraction of sp³-hybridized carbons (Fsp3) is 0.462. The van der Waals surface area contributed by atoms with Gasteiger partial charge in [-0.05, 0) is 24.0 Å². The van der Waals surface area contributed by atoms with Crippen LogP contribution in [0.25, 0.3) is 10.2 Å². The Bertz CT molecular complexity index is 440. The summed E-state index contributed by atoms with van der Waals surface area (Å²) in [6.45, 7) is 4.45. The number of aliphatic hydroxyl groups excluding tert-OH is 1. The molecule has 0 radical (unpaired) electrons. The molecule has 0 aliphatic rings. The Hall–Kier alpha value is -0.930. The summed E-state index contributed by atoms with van der Waals surface area (Å²) in [7, 11) is 0. The predicted octanol–water partition coefficient (Wildman–Crippen LogP) is 3.25. The van der Waals surface area contributed by atoms with Crippen LogP contribution in [0.2, 0.25) is 0 Å². The lowest BCUT2D eigenvalue weighted by Gasteiger charge is -2.23. The van der Waals surface area contributed by atoms with Crippen molar-refractivity contribution in [2.45, 2.75) is 26.7 Å². The van der Waals surface area contributed by atoms with Gasteiger partial charge < -0.3 is 5.11 Å². The first-order chi connectivity index (χ1) is 7.67. The third-order valence-electron chi connectivity index (χ3n) is 3.15. The third kappa shape index (κ3) is 2.25. The molecule has 0 amide bonds. The van der Waals surface area contributed by atoms with E-state index in [1.54, 1.807) is 11.3 Å². The number of aromatic nitrogens is 1. The molecule has 1 unspecified atom stereocenters. The first-order valence-corrected chi connectivity index (χ1v) is 6.44. The van der Waals surface area contributed by atoms with Crippen molar-refractivity contribution in [3.05, 3.63) is 29.3 Å². The molecular formula is C13H17NOS. The topological polar surface area (TPSA) is 33.1 Å². The van der Waals surface area contributed by atoms with E-state index in [-0.39, 0.29) is 12.0 Å². The Morgan fingerprint density at radius 1 is 1.38 bits per heavy atom. The molecule has 2 nitrogen and oxygen atoms in total. The molecule has 0 bridgehead atoms. The SMILES string of the molecule is CCC(C)(CO)Cc1nc2ccccc2s1. The average Bonchev–Trinajstić information content (AvgIpc) is 2.70. The van der Waals surface area contributed by atoms with E-state index in [2.05, 4.69) is 24.9 Å². The van der Waals surface area contributed by atoms with Crippen molar-refractivity contribution in [2.75, 3.05) is 6.61 Å². The van der Waals surface area contributed by atoms with Gasteiger partial charge in [0.15, 0.2) is 0 Å². The van der Waals surface area contributed by atoms with Gasteiger partial charge in [-0.3, -0.25) is 0 Å². The summed E-state index contributed by atoms with van der Waals surface area (Å²) in [6, 6.07) is 8.18. The molecule has 86 valence electrons. The van der Waals surface area contributed by atoms with Crippen LogP contribution in [0.5, 0.6) is 0 Å². The summed E-state index contributed by atoms with van der Waals surface area (Å²) in [4.78, 5) is 4.60. The van der Waals surface area contributed by atoms with Crippen LogP contribution in [0.4, 0.5) is 0 Å². The quantitative estimate of drug-likeness (QED) is 0.882. The van der Waals surface area contributed by atoms with Gasteiger partial charge in [-0.15, -0.1) is 11.3 Å². The summed E-state index contributed by atoms with van der Waals surface area (Å²) in [5.41, 5.74) is 1.03. The summed E-state index contributed by atoms with van der Waals surface area (Å²) in [5.74, 6) is 0. The normalized spacial score (nSPS) is 15.2. The Labute approximate surface area is 100.0 Å². The fourth-order valence-electron chi connectivity index (χ4n) is 1.65. The van der Waals surface area contributed by atoms with Crippen LogP contribution in [0, 0.1) is 5.41 Å². The summed E-state index contributed by atoms with van der Waals surface area (Å²) in [6.07, 6.45) is 1.83. The van der Waals surface area contributed by atoms with Crippen LogP contribution in [0.3, 0.4) is 0 Å². The number of thiazole rings is 1. The summed E-state index contributed by atoms with van der Waals surface area (Å²) in [5, 5.41) is 10.5. The smallest absolute Gasteiger partial charge is 0.0944 e. The van der Waals surface area contributed by atoms with Crippen molar-refractivity contribution in [3.8, 4) is 0 Å². The molecule has 1 aromatic carbocycles. The first-order valence-electron chi connectivity index (χ1n) is 5.62. The zero-order valence-corrected chi connectivity index (χ0v) is 10.5. The molecule has 16 heavy (non-hydrogen) atoms. The van der Waals surface area contributed by atoms with E-state index in [0.717, 1.165) is 23.4 Å². The van der Waals surface area contributed by atoms with E-state index in [0.29, 0.717) is 0 Å². The average molecular weight is 235 g/mol. The van der Waals surface area contributed by atoms with Crippen molar-refractivity contribution in [1.82, 2.24) is 4.98 Å². The zero-order chi connectivity index (χ0) is 11.6. The molecule has 0 fully saturated rings. The number of rotatable bonds is 4. The van der Waals surface area contributed by atoms with Crippen LogP contribution >= 0.6 is 11.3 Å². The molecule has 2 aromatic rings. The standard InChI is InChI=1S/C13H17NOS/c1-3-13(2,9-15)8-12-14-10-6-4-5-7-11(10)16-12/h4-7,15H,3,8-9H2,1-2H3. The van der Waals surface area contributed by atoms with Crippen molar-refractivity contribution in [2.24, 2.45) is 5.41 Å². The van der Waals surface area contributed by atoms with Gasteiger partial charge in [0, 0.05) is 13.0 Å². The van der Waals surface area contributed by atoms with E-state index < -0.39 is 0 Å². The molecule has 0 spiro atoms. The van der Waals surface area contributed by atoms with Crippen LogP contribution in [-0.2, 0) is 6.42 Å². The minimum Gasteiger partial charge on any atom is -0.396 e. The highest BCUT2D eigenvalue weighted by Gasteiger charge is 2.23. The number of hydrogen-bond acceptors (Lipinski definition) is 3. The number of nitrogens with zero attached hydrogens (tertiary/aromatic N) is 1. The maximum Gasteiger partial charge on any atom is 0.0944 e.